The van der Waals surface area contributed by atoms with Crippen LogP contribution in [0.4, 0.5) is 4.79 Å². The summed E-state index contributed by atoms with van der Waals surface area (Å²) in [5, 5.41) is 11.6. The maximum Gasteiger partial charge on any atom is 0.405 e. The molecular formula is C19H29N3O3S. The molecule has 0 bridgehead atoms. The van der Waals surface area contributed by atoms with Crippen LogP contribution < -0.4 is 11.1 Å². The summed E-state index contributed by atoms with van der Waals surface area (Å²) in [6, 6.07) is 8.99. The van der Waals surface area contributed by atoms with Crippen molar-refractivity contribution in [3.8, 4) is 0 Å². The van der Waals surface area contributed by atoms with Gasteiger partial charge < -0.3 is 21.1 Å². The van der Waals surface area contributed by atoms with Gasteiger partial charge in [-0.05, 0) is 43.5 Å². The molecule has 6 nitrogen and oxygen atoms in total. The Morgan fingerprint density at radius 1 is 1.31 bits per heavy atom. The van der Waals surface area contributed by atoms with Gasteiger partial charge in [-0.25, -0.2) is 4.79 Å². The van der Waals surface area contributed by atoms with Crippen LogP contribution in [0.3, 0.4) is 0 Å². The maximum atomic E-state index is 13.0. The Morgan fingerprint density at radius 3 is 2.77 bits per heavy atom. The number of carbonyl (C=O) groups excluding carboxylic acids is 1. The highest BCUT2D eigenvalue weighted by molar-refractivity contribution is 7.99. The lowest BCUT2D eigenvalue weighted by Crippen LogP contribution is -2.51. The molecule has 0 aliphatic carbocycles. The van der Waals surface area contributed by atoms with E-state index in [9.17, 15) is 9.59 Å². The van der Waals surface area contributed by atoms with Gasteiger partial charge in [0, 0.05) is 24.8 Å². The van der Waals surface area contributed by atoms with Gasteiger partial charge in [-0.3, -0.25) is 4.79 Å². The lowest BCUT2D eigenvalue weighted by Gasteiger charge is -2.29. The predicted octanol–water partition coefficient (Wildman–Crippen LogP) is 2.33. The predicted molar refractivity (Wildman–Crippen MR) is 105 cm³/mol. The molecule has 0 aromatic heterocycles. The number of nitrogens with one attached hydrogen (secondary N) is 1. The molecule has 0 spiro atoms. The van der Waals surface area contributed by atoms with E-state index >= 15 is 0 Å². The molecular weight excluding hydrogens is 350 g/mol. The van der Waals surface area contributed by atoms with E-state index in [0.29, 0.717) is 13.0 Å². The fraction of sp³-hybridized carbons (Fsp3) is 0.579. The molecule has 1 aromatic carbocycles. The van der Waals surface area contributed by atoms with E-state index in [2.05, 4.69) is 5.32 Å². The van der Waals surface area contributed by atoms with Gasteiger partial charge in [-0.15, -0.1) is 0 Å². The third-order valence-corrected chi connectivity index (χ3v) is 5.79. The molecule has 2 rings (SSSR count). The Balaban J connectivity index is 1.95. The summed E-state index contributed by atoms with van der Waals surface area (Å²) in [7, 11) is 0. The molecule has 1 fully saturated rings. The number of hydrogen-bond acceptors (Lipinski definition) is 4. The zero-order valence-corrected chi connectivity index (χ0v) is 15.9. The minimum absolute atomic E-state index is 0.110. The Hall–Kier alpha value is -1.73. The first-order valence-corrected chi connectivity index (χ1v) is 10.4. The smallest absolute Gasteiger partial charge is 0.405 e. The number of unbranched alkanes of at least 4 members (excludes halogenated alkanes) is 1. The minimum atomic E-state index is -1.16. The number of rotatable bonds is 10. The summed E-state index contributed by atoms with van der Waals surface area (Å²) in [4.78, 5) is 26.1. The second-order valence-corrected chi connectivity index (χ2v) is 7.74. The van der Waals surface area contributed by atoms with Crippen molar-refractivity contribution in [1.82, 2.24) is 10.2 Å². The number of amides is 2. The number of hydrogen-bond donors (Lipinski definition) is 3. The lowest BCUT2D eigenvalue weighted by molar-refractivity contribution is -0.133. The highest BCUT2D eigenvalue weighted by Crippen LogP contribution is 2.23. The Morgan fingerprint density at radius 2 is 2.08 bits per heavy atom. The van der Waals surface area contributed by atoms with Crippen LogP contribution in [-0.4, -0.2) is 58.7 Å². The maximum absolute atomic E-state index is 13.0. The molecule has 4 N–H and O–H groups in total. The fourth-order valence-electron chi connectivity index (χ4n) is 3.27. The van der Waals surface area contributed by atoms with Crippen molar-refractivity contribution in [3.05, 3.63) is 35.9 Å². The summed E-state index contributed by atoms with van der Waals surface area (Å²) in [5.41, 5.74) is 6.46. The standard InChI is InChI=1S/C19H29N3O3S/c20-10-4-5-12-26-14-16-9-6-11-22(16)18(23)17(21-19(24)25)13-15-7-2-1-3-8-15/h1-3,7-8,16-17,21H,4-6,9-14,20H2,(H,24,25). The third kappa shape index (κ3) is 6.53. The average molecular weight is 380 g/mol. The van der Waals surface area contributed by atoms with Crippen molar-refractivity contribution in [1.29, 1.82) is 0 Å². The van der Waals surface area contributed by atoms with Crippen LogP contribution in [0, 0.1) is 0 Å². The Kier molecular flexibility index (Phi) is 8.77. The van der Waals surface area contributed by atoms with Crippen LogP contribution >= 0.6 is 11.8 Å². The molecule has 2 unspecified atom stereocenters. The summed E-state index contributed by atoms with van der Waals surface area (Å²) < 4.78 is 0. The van der Waals surface area contributed by atoms with E-state index in [4.69, 9.17) is 10.8 Å². The third-order valence-electron chi connectivity index (χ3n) is 4.59. The molecule has 2 amide bonds. The number of likely N-dealkylation sites (tertiary alicyclic amines) is 1. The lowest BCUT2D eigenvalue weighted by atomic mass is 10.0. The van der Waals surface area contributed by atoms with Crippen molar-refractivity contribution >= 4 is 23.8 Å². The van der Waals surface area contributed by atoms with Gasteiger partial charge in [0.05, 0.1) is 0 Å². The van der Waals surface area contributed by atoms with Gasteiger partial charge >= 0.3 is 6.09 Å². The highest BCUT2D eigenvalue weighted by atomic mass is 32.2. The Bertz CT molecular complexity index is 570. The van der Waals surface area contributed by atoms with Crippen molar-refractivity contribution in [2.45, 2.75) is 44.2 Å². The SMILES string of the molecule is NCCCCSCC1CCCN1C(=O)C(Cc1ccccc1)NC(=O)O. The molecule has 2 atom stereocenters. The largest absolute Gasteiger partial charge is 0.465 e. The molecule has 1 heterocycles. The van der Waals surface area contributed by atoms with E-state index in [0.717, 1.165) is 49.3 Å². The zero-order chi connectivity index (χ0) is 18.8. The van der Waals surface area contributed by atoms with Crippen LogP contribution in [0.2, 0.25) is 0 Å². The highest BCUT2D eigenvalue weighted by Gasteiger charge is 2.33. The first-order valence-electron chi connectivity index (χ1n) is 9.23. The van der Waals surface area contributed by atoms with Crippen molar-refractivity contribution < 1.29 is 14.7 Å². The van der Waals surface area contributed by atoms with Gasteiger partial charge in [0.1, 0.15) is 6.04 Å². The second kappa shape index (κ2) is 11.1. The van der Waals surface area contributed by atoms with Crippen molar-refractivity contribution in [3.63, 3.8) is 0 Å². The topological polar surface area (TPSA) is 95.7 Å². The summed E-state index contributed by atoms with van der Waals surface area (Å²) in [6.07, 6.45) is 3.30. The van der Waals surface area contributed by atoms with E-state index < -0.39 is 12.1 Å². The molecule has 1 aliphatic heterocycles. The number of thioether (sulfide) groups is 1. The van der Waals surface area contributed by atoms with Gasteiger partial charge in [0.25, 0.3) is 0 Å². The number of nitrogens with zero attached hydrogens (tertiary/aromatic N) is 1. The van der Waals surface area contributed by atoms with Crippen molar-refractivity contribution in [2.75, 3.05) is 24.6 Å². The van der Waals surface area contributed by atoms with Crippen LogP contribution in [0.25, 0.3) is 0 Å². The minimum Gasteiger partial charge on any atom is -0.465 e. The summed E-state index contributed by atoms with van der Waals surface area (Å²) in [5.74, 6) is 1.85. The fourth-order valence-corrected chi connectivity index (χ4v) is 4.46. The second-order valence-electron chi connectivity index (χ2n) is 6.59. The number of benzene rings is 1. The van der Waals surface area contributed by atoms with Gasteiger partial charge in [-0.2, -0.15) is 11.8 Å². The molecule has 1 aromatic rings. The van der Waals surface area contributed by atoms with Crippen LogP contribution in [-0.2, 0) is 11.2 Å². The van der Waals surface area contributed by atoms with Gasteiger partial charge in [-0.1, -0.05) is 30.3 Å². The number of nitrogens with two attached hydrogens (primary N) is 1. The summed E-state index contributed by atoms with van der Waals surface area (Å²) in [6.45, 7) is 1.43. The van der Waals surface area contributed by atoms with Crippen molar-refractivity contribution in [2.24, 2.45) is 5.73 Å². The van der Waals surface area contributed by atoms with Crippen LogP contribution in [0.15, 0.2) is 30.3 Å². The summed E-state index contributed by atoms with van der Waals surface area (Å²) >= 11 is 1.86. The first kappa shape index (κ1) is 20.6. The van der Waals surface area contributed by atoms with E-state index in [1.54, 1.807) is 0 Å². The monoisotopic (exact) mass is 379 g/mol. The van der Waals surface area contributed by atoms with Gasteiger partial charge in [0.2, 0.25) is 5.91 Å². The quantitative estimate of drug-likeness (QED) is 0.542. The van der Waals surface area contributed by atoms with E-state index in [-0.39, 0.29) is 11.9 Å². The molecule has 0 radical (unpaired) electrons. The first-order chi connectivity index (χ1) is 12.6. The number of carbonyl (C=O) groups is 2. The average Bonchev–Trinajstić information content (AvgIpc) is 3.09. The van der Waals surface area contributed by atoms with Crippen LogP contribution in [0.5, 0.6) is 0 Å². The van der Waals surface area contributed by atoms with E-state index in [1.807, 2.05) is 47.0 Å². The molecule has 144 valence electrons. The molecule has 1 saturated heterocycles. The Labute approximate surface area is 159 Å². The number of carboxylic acid groups (broad SMARTS) is 1. The zero-order valence-electron chi connectivity index (χ0n) is 15.1. The van der Waals surface area contributed by atoms with Gasteiger partial charge in [0.15, 0.2) is 0 Å². The normalized spacial score (nSPS) is 17.9. The van der Waals surface area contributed by atoms with Crippen LogP contribution in [0.1, 0.15) is 31.2 Å². The molecule has 1 aliphatic rings. The molecule has 7 heteroatoms. The van der Waals surface area contributed by atoms with E-state index in [1.165, 1.54) is 0 Å². The molecule has 0 saturated carbocycles. The molecule has 26 heavy (non-hydrogen) atoms.